The summed E-state index contributed by atoms with van der Waals surface area (Å²) in [6.07, 6.45) is 6.79. The van der Waals surface area contributed by atoms with Crippen LogP contribution in [0.5, 0.6) is 0 Å². The third-order valence-electron chi connectivity index (χ3n) is 3.33. The zero-order valence-electron chi connectivity index (χ0n) is 9.96. The van der Waals surface area contributed by atoms with E-state index in [-0.39, 0.29) is 0 Å². The Morgan fingerprint density at radius 3 is 3.11 bits per heavy atom. The van der Waals surface area contributed by atoms with Gasteiger partial charge in [-0.1, -0.05) is 0 Å². The molecule has 3 rings (SSSR count). The van der Waals surface area contributed by atoms with E-state index in [1.54, 1.807) is 6.33 Å². The van der Waals surface area contributed by atoms with Gasteiger partial charge in [0.2, 0.25) is 5.95 Å². The van der Waals surface area contributed by atoms with Crippen LogP contribution in [-0.4, -0.2) is 38.7 Å². The fourth-order valence-corrected chi connectivity index (χ4v) is 2.84. The van der Waals surface area contributed by atoms with Gasteiger partial charge in [-0.05, 0) is 41.9 Å². The lowest BCUT2D eigenvalue weighted by Crippen LogP contribution is -2.28. The highest BCUT2D eigenvalue weighted by molar-refractivity contribution is 14.1. The molecule has 0 aliphatic carbocycles. The van der Waals surface area contributed by atoms with Gasteiger partial charge in [0.15, 0.2) is 5.65 Å². The molecule has 0 amide bonds. The maximum atomic E-state index is 6.01. The Labute approximate surface area is 119 Å². The predicted molar refractivity (Wildman–Crippen MR) is 77.5 cm³/mol. The highest BCUT2D eigenvalue weighted by Crippen LogP contribution is 2.20. The van der Waals surface area contributed by atoms with E-state index in [0.29, 0.717) is 6.04 Å². The van der Waals surface area contributed by atoms with Crippen LogP contribution < -0.4 is 10.6 Å². The summed E-state index contributed by atoms with van der Waals surface area (Å²) in [5.74, 6) is 0.921. The van der Waals surface area contributed by atoms with Gasteiger partial charge < -0.3 is 10.6 Å². The van der Waals surface area contributed by atoms with Crippen LogP contribution in [0, 0.1) is 3.57 Å². The van der Waals surface area contributed by atoms with Crippen LogP contribution >= 0.6 is 22.6 Å². The third kappa shape index (κ3) is 2.16. The summed E-state index contributed by atoms with van der Waals surface area (Å²) in [6.45, 7) is 1.94. The molecule has 0 bridgehead atoms. The van der Waals surface area contributed by atoms with Gasteiger partial charge in [-0.2, -0.15) is 0 Å². The molecular formula is C11H15IN6. The zero-order valence-corrected chi connectivity index (χ0v) is 12.1. The molecule has 1 aliphatic rings. The van der Waals surface area contributed by atoms with E-state index in [1.165, 1.54) is 0 Å². The van der Waals surface area contributed by atoms with Crippen molar-refractivity contribution in [2.75, 3.05) is 18.0 Å². The van der Waals surface area contributed by atoms with Crippen molar-refractivity contribution in [3.8, 4) is 0 Å². The Morgan fingerprint density at radius 2 is 2.22 bits per heavy atom. The molecule has 7 heteroatoms. The molecule has 0 unspecified atom stereocenters. The van der Waals surface area contributed by atoms with Gasteiger partial charge >= 0.3 is 0 Å². The van der Waals surface area contributed by atoms with Crippen molar-refractivity contribution >= 4 is 34.2 Å². The van der Waals surface area contributed by atoms with E-state index in [0.717, 1.165) is 47.5 Å². The van der Waals surface area contributed by atoms with Crippen molar-refractivity contribution in [3.05, 3.63) is 16.1 Å². The first-order valence-corrected chi connectivity index (χ1v) is 7.18. The molecular weight excluding hydrogens is 343 g/mol. The Hall–Kier alpha value is -0.960. The molecule has 96 valence electrons. The number of hydrogen-bond acceptors (Lipinski definition) is 5. The summed E-state index contributed by atoms with van der Waals surface area (Å²) in [5.41, 5.74) is 6.88. The quantitative estimate of drug-likeness (QED) is 0.772. The first-order valence-electron chi connectivity index (χ1n) is 6.10. The largest absolute Gasteiger partial charge is 0.342 e. The molecule has 0 aromatic carbocycles. The minimum Gasteiger partial charge on any atom is -0.342 e. The van der Waals surface area contributed by atoms with Crippen molar-refractivity contribution in [2.24, 2.45) is 5.73 Å². The summed E-state index contributed by atoms with van der Waals surface area (Å²) in [4.78, 5) is 6.81. The van der Waals surface area contributed by atoms with E-state index >= 15 is 0 Å². The Bertz CT molecular complexity index is 553. The predicted octanol–water partition coefficient (Wildman–Crippen LogP) is 1.05. The van der Waals surface area contributed by atoms with Crippen LogP contribution in [0.2, 0.25) is 0 Å². The number of nitrogens with zero attached hydrogens (tertiary/aromatic N) is 5. The number of fused-ring (bicyclic) bond motifs is 1. The summed E-state index contributed by atoms with van der Waals surface area (Å²) in [7, 11) is 0. The second-order valence-corrected chi connectivity index (χ2v) is 5.77. The number of aromatic nitrogens is 4. The summed E-state index contributed by atoms with van der Waals surface area (Å²) in [6, 6.07) is 0.315. The molecule has 6 nitrogen and oxygen atoms in total. The van der Waals surface area contributed by atoms with Crippen LogP contribution in [0.15, 0.2) is 12.5 Å². The number of anilines is 1. The maximum Gasteiger partial charge on any atom is 0.212 e. The van der Waals surface area contributed by atoms with Crippen molar-refractivity contribution in [3.63, 3.8) is 0 Å². The van der Waals surface area contributed by atoms with Crippen molar-refractivity contribution in [1.82, 2.24) is 19.6 Å². The molecule has 0 radical (unpaired) electrons. The molecule has 1 fully saturated rings. The summed E-state index contributed by atoms with van der Waals surface area (Å²) >= 11 is 2.23. The van der Waals surface area contributed by atoms with E-state index in [2.05, 4.69) is 42.7 Å². The molecule has 0 spiro atoms. The zero-order chi connectivity index (χ0) is 12.5. The third-order valence-corrected chi connectivity index (χ3v) is 4.09. The summed E-state index contributed by atoms with van der Waals surface area (Å²) in [5, 5.41) is 8.10. The minimum absolute atomic E-state index is 0.315. The van der Waals surface area contributed by atoms with Gasteiger partial charge in [0.25, 0.3) is 0 Å². The molecule has 3 heterocycles. The molecule has 1 aliphatic heterocycles. The standard InChI is InChI=1S/C11H15IN6/c12-9-6-14-11(18-7-15-16-10(9)18)17-4-1-2-8(13)3-5-17/h6-8H,1-5,13H2/t8-/m1/s1. The number of rotatable bonds is 1. The monoisotopic (exact) mass is 358 g/mol. The van der Waals surface area contributed by atoms with E-state index in [9.17, 15) is 0 Å². The van der Waals surface area contributed by atoms with Crippen molar-refractivity contribution < 1.29 is 0 Å². The van der Waals surface area contributed by atoms with Gasteiger partial charge in [-0.25, -0.2) is 4.98 Å². The van der Waals surface area contributed by atoms with Crippen LogP contribution in [0.4, 0.5) is 5.95 Å². The molecule has 18 heavy (non-hydrogen) atoms. The second-order valence-electron chi connectivity index (χ2n) is 4.61. The van der Waals surface area contributed by atoms with Gasteiger partial charge in [-0.3, -0.25) is 4.40 Å². The van der Waals surface area contributed by atoms with Crippen LogP contribution in [0.25, 0.3) is 5.65 Å². The minimum atomic E-state index is 0.315. The molecule has 0 saturated carbocycles. The van der Waals surface area contributed by atoms with Crippen molar-refractivity contribution in [1.29, 1.82) is 0 Å². The van der Waals surface area contributed by atoms with Gasteiger partial charge in [0.1, 0.15) is 6.33 Å². The van der Waals surface area contributed by atoms with Crippen molar-refractivity contribution in [2.45, 2.75) is 25.3 Å². The maximum absolute atomic E-state index is 6.01. The number of halogens is 1. The lowest BCUT2D eigenvalue weighted by Gasteiger charge is -2.22. The Morgan fingerprint density at radius 1 is 1.33 bits per heavy atom. The van der Waals surface area contributed by atoms with Gasteiger partial charge in [0.05, 0.1) is 3.57 Å². The highest BCUT2D eigenvalue weighted by atomic mass is 127. The van der Waals surface area contributed by atoms with Gasteiger partial charge in [0, 0.05) is 25.3 Å². The first-order chi connectivity index (χ1) is 8.75. The smallest absolute Gasteiger partial charge is 0.212 e. The average Bonchev–Trinajstić information content (AvgIpc) is 2.75. The highest BCUT2D eigenvalue weighted by Gasteiger charge is 2.18. The van der Waals surface area contributed by atoms with E-state index in [1.807, 2.05) is 10.6 Å². The Balaban J connectivity index is 1.98. The normalized spacial score (nSPS) is 21.2. The number of hydrogen-bond donors (Lipinski definition) is 1. The fraction of sp³-hybridized carbons (Fsp3) is 0.545. The Kier molecular flexibility index (Phi) is 3.33. The lowest BCUT2D eigenvalue weighted by molar-refractivity contribution is 0.601. The fourth-order valence-electron chi connectivity index (χ4n) is 2.33. The molecule has 2 aromatic rings. The first kappa shape index (κ1) is 12.1. The van der Waals surface area contributed by atoms with Crippen LogP contribution in [0.3, 0.4) is 0 Å². The summed E-state index contributed by atoms with van der Waals surface area (Å²) < 4.78 is 2.97. The second kappa shape index (κ2) is 4.96. The SMILES string of the molecule is N[C@@H]1CCCN(c2ncc(I)c3nncn23)CC1. The lowest BCUT2D eigenvalue weighted by atomic mass is 10.1. The van der Waals surface area contributed by atoms with Gasteiger partial charge in [-0.15, -0.1) is 10.2 Å². The average molecular weight is 358 g/mol. The van der Waals surface area contributed by atoms with Crippen LogP contribution in [-0.2, 0) is 0 Å². The van der Waals surface area contributed by atoms with Crippen LogP contribution in [0.1, 0.15) is 19.3 Å². The topological polar surface area (TPSA) is 72.3 Å². The molecule has 1 saturated heterocycles. The molecule has 1 atom stereocenters. The molecule has 2 aromatic heterocycles. The van der Waals surface area contributed by atoms with E-state index in [4.69, 9.17) is 5.73 Å². The molecule has 2 N–H and O–H groups in total. The van der Waals surface area contributed by atoms with E-state index < -0.39 is 0 Å². The number of nitrogens with two attached hydrogens (primary N) is 1.